The van der Waals surface area contributed by atoms with Gasteiger partial charge in [-0.25, -0.2) is 9.79 Å². The van der Waals surface area contributed by atoms with E-state index in [0.717, 1.165) is 5.56 Å². The molecule has 1 saturated heterocycles. The predicted molar refractivity (Wildman–Crippen MR) is 92.9 cm³/mol. The highest BCUT2D eigenvalue weighted by Gasteiger charge is 2.48. The Morgan fingerprint density at radius 2 is 2.12 bits per heavy atom. The van der Waals surface area contributed by atoms with E-state index in [-0.39, 0.29) is 12.5 Å². The first-order chi connectivity index (χ1) is 11.5. The highest BCUT2D eigenvalue weighted by atomic mass is 35.5. The molecule has 0 spiro atoms. The third-order valence-electron chi connectivity index (χ3n) is 3.94. The van der Waals surface area contributed by atoms with Crippen LogP contribution in [0.15, 0.2) is 29.3 Å². The summed E-state index contributed by atoms with van der Waals surface area (Å²) in [4.78, 5) is 32.0. The van der Waals surface area contributed by atoms with Gasteiger partial charge in [0.2, 0.25) is 0 Å². The second-order valence-electron chi connectivity index (χ2n) is 5.47. The summed E-state index contributed by atoms with van der Waals surface area (Å²) in [7, 11) is 1.61. The van der Waals surface area contributed by atoms with Crippen molar-refractivity contribution in [3.8, 4) is 0 Å². The molecule has 2 aliphatic rings. The first-order valence-corrected chi connectivity index (χ1v) is 8.78. The lowest BCUT2D eigenvalue weighted by molar-refractivity contribution is -0.127. The van der Waals surface area contributed by atoms with E-state index >= 15 is 0 Å². The van der Waals surface area contributed by atoms with Crippen LogP contribution in [0.2, 0.25) is 5.02 Å². The third-order valence-corrected chi connectivity index (χ3v) is 5.30. The zero-order valence-corrected chi connectivity index (χ0v) is 14.5. The highest BCUT2D eigenvalue weighted by Crippen LogP contribution is 2.31. The number of nitrogens with one attached hydrogen (secondary N) is 1. The number of urea groups is 1. The van der Waals surface area contributed by atoms with Gasteiger partial charge in [-0.15, -0.1) is 0 Å². The Bertz CT molecular complexity index is 699. The Balaban J connectivity index is 1.91. The number of amides is 3. The van der Waals surface area contributed by atoms with E-state index in [9.17, 15) is 9.59 Å². The molecule has 3 amide bonds. The largest absolute Gasteiger partial charge is 0.396 e. The molecule has 1 fully saturated rings. The van der Waals surface area contributed by atoms with Gasteiger partial charge in [0.1, 0.15) is 0 Å². The monoisotopic (exact) mass is 368 g/mol. The van der Waals surface area contributed by atoms with E-state index in [4.69, 9.17) is 16.7 Å². The minimum Gasteiger partial charge on any atom is -0.396 e. The molecule has 1 aromatic rings. The van der Waals surface area contributed by atoms with Crippen molar-refractivity contribution in [1.82, 2.24) is 15.1 Å². The van der Waals surface area contributed by atoms with Gasteiger partial charge in [-0.05, 0) is 11.6 Å². The number of benzene rings is 1. The molecule has 0 aliphatic carbocycles. The van der Waals surface area contributed by atoms with Crippen LogP contribution in [0.4, 0.5) is 4.79 Å². The van der Waals surface area contributed by atoms with Crippen LogP contribution in [0.25, 0.3) is 0 Å². The molecule has 0 saturated carbocycles. The number of halogens is 1. The number of aliphatic imine (C=N–C) groups is 1. The number of carbonyl (C=O) groups is 2. The quantitative estimate of drug-likeness (QED) is 0.831. The minimum atomic E-state index is -0.606. The van der Waals surface area contributed by atoms with Gasteiger partial charge in [0.25, 0.3) is 5.91 Å². The summed E-state index contributed by atoms with van der Waals surface area (Å²) in [6, 6.07) is 6.33. The standard InChI is InChI=1S/C15H17ClN4O3S/c1-19-12-11(13(22)18-14(19)23)20(15(17-12)24-7-6-21)8-9-4-2-3-5-10(9)16/h2-5,11-12,21H,6-8H2,1H3,(H,18,22,23). The summed E-state index contributed by atoms with van der Waals surface area (Å²) in [5.74, 6) is 0.0785. The number of thioether (sulfide) groups is 1. The molecular weight excluding hydrogens is 352 g/mol. The molecule has 0 radical (unpaired) electrons. The van der Waals surface area contributed by atoms with Gasteiger partial charge in [0.05, 0.1) is 6.61 Å². The van der Waals surface area contributed by atoms with Crippen molar-refractivity contribution in [3.63, 3.8) is 0 Å². The fraction of sp³-hybridized carbons (Fsp3) is 0.400. The normalized spacial score (nSPS) is 23.2. The Morgan fingerprint density at radius 1 is 1.38 bits per heavy atom. The molecule has 2 heterocycles. The van der Waals surface area contributed by atoms with Crippen LogP contribution in [0.3, 0.4) is 0 Å². The van der Waals surface area contributed by atoms with Gasteiger partial charge in [-0.2, -0.15) is 0 Å². The molecular formula is C15H17ClN4O3S. The highest BCUT2D eigenvalue weighted by molar-refractivity contribution is 8.13. The number of aliphatic hydroxyl groups excluding tert-OH is 1. The molecule has 1 aromatic carbocycles. The maximum absolute atomic E-state index is 12.4. The maximum atomic E-state index is 12.4. The zero-order chi connectivity index (χ0) is 17.3. The summed E-state index contributed by atoms with van der Waals surface area (Å²) in [5, 5.41) is 12.7. The van der Waals surface area contributed by atoms with Crippen molar-refractivity contribution < 1.29 is 14.7 Å². The lowest BCUT2D eigenvalue weighted by atomic mass is 10.1. The average molecular weight is 369 g/mol. The number of hydrogen-bond donors (Lipinski definition) is 2. The zero-order valence-electron chi connectivity index (χ0n) is 13.0. The molecule has 7 nitrogen and oxygen atoms in total. The topological polar surface area (TPSA) is 85.2 Å². The van der Waals surface area contributed by atoms with Gasteiger partial charge in [-0.1, -0.05) is 41.6 Å². The van der Waals surface area contributed by atoms with Gasteiger partial charge in [0.15, 0.2) is 17.4 Å². The van der Waals surface area contributed by atoms with Gasteiger partial charge >= 0.3 is 6.03 Å². The molecule has 9 heteroatoms. The van der Waals surface area contributed by atoms with Crippen molar-refractivity contribution in [1.29, 1.82) is 0 Å². The summed E-state index contributed by atoms with van der Waals surface area (Å²) >= 11 is 7.59. The summed E-state index contributed by atoms with van der Waals surface area (Å²) < 4.78 is 0. The summed E-state index contributed by atoms with van der Waals surface area (Å²) in [6.07, 6.45) is -0.574. The van der Waals surface area contributed by atoms with Gasteiger partial charge in [0, 0.05) is 24.4 Å². The third kappa shape index (κ3) is 3.09. The molecule has 0 aromatic heterocycles. The smallest absolute Gasteiger partial charge is 0.325 e. The SMILES string of the molecule is CN1C(=O)NC(=O)C2C1N=C(SCCO)N2Cc1ccccc1Cl. The molecule has 2 aliphatic heterocycles. The van der Waals surface area contributed by atoms with E-state index in [1.54, 1.807) is 13.1 Å². The second-order valence-corrected chi connectivity index (χ2v) is 6.94. The number of aliphatic hydroxyl groups is 1. The Hall–Kier alpha value is -1.77. The maximum Gasteiger partial charge on any atom is 0.325 e. The van der Waals surface area contributed by atoms with Gasteiger partial charge < -0.3 is 14.9 Å². The van der Waals surface area contributed by atoms with Crippen LogP contribution in [0.5, 0.6) is 0 Å². The fourth-order valence-corrected chi connectivity index (χ4v) is 3.73. The first-order valence-electron chi connectivity index (χ1n) is 7.42. The van der Waals surface area contributed by atoms with Crippen LogP contribution < -0.4 is 5.32 Å². The van der Waals surface area contributed by atoms with Crippen molar-refractivity contribution in [2.24, 2.45) is 4.99 Å². The fourth-order valence-electron chi connectivity index (χ4n) is 2.73. The van der Waals surface area contributed by atoms with E-state index < -0.39 is 18.2 Å². The lowest BCUT2D eigenvalue weighted by Gasteiger charge is -2.36. The Labute approximate surface area is 148 Å². The molecule has 3 rings (SSSR count). The molecule has 128 valence electrons. The number of fused-ring (bicyclic) bond motifs is 1. The number of rotatable bonds is 4. The van der Waals surface area contributed by atoms with Crippen LogP contribution in [-0.2, 0) is 11.3 Å². The van der Waals surface area contributed by atoms with Gasteiger partial charge in [-0.3, -0.25) is 10.1 Å². The van der Waals surface area contributed by atoms with Crippen LogP contribution in [0.1, 0.15) is 5.56 Å². The number of likely N-dealkylation sites (N-methyl/N-ethyl adjacent to an activating group) is 1. The molecule has 2 N–H and O–H groups in total. The minimum absolute atomic E-state index is 0.0000799. The first kappa shape index (κ1) is 17.1. The second kappa shape index (κ2) is 7.00. The van der Waals surface area contributed by atoms with Crippen LogP contribution in [0, 0.1) is 0 Å². The number of imide groups is 1. The van der Waals surface area contributed by atoms with Crippen molar-refractivity contribution in [2.45, 2.75) is 18.8 Å². The Morgan fingerprint density at radius 3 is 2.83 bits per heavy atom. The van der Waals surface area contributed by atoms with Crippen molar-refractivity contribution in [3.05, 3.63) is 34.9 Å². The number of amidine groups is 1. The molecule has 2 atom stereocenters. The molecule has 24 heavy (non-hydrogen) atoms. The number of nitrogens with zero attached hydrogens (tertiary/aromatic N) is 3. The number of hydrogen-bond acceptors (Lipinski definition) is 6. The van der Waals surface area contributed by atoms with E-state index in [1.807, 2.05) is 23.1 Å². The van der Waals surface area contributed by atoms with E-state index in [2.05, 4.69) is 10.3 Å². The van der Waals surface area contributed by atoms with E-state index in [0.29, 0.717) is 22.5 Å². The molecule has 2 unspecified atom stereocenters. The van der Waals surface area contributed by atoms with Crippen molar-refractivity contribution >= 4 is 40.5 Å². The Kier molecular flexibility index (Phi) is 4.98. The summed E-state index contributed by atoms with van der Waals surface area (Å²) in [5.41, 5.74) is 0.865. The number of carbonyl (C=O) groups excluding carboxylic acids is 2. The van der Waals surface area contributed by atoms with Crippen LogP contribution >= 0.6 is 23.4 Å². The lowest BCUT2D eigenvalue weighted by Crippen LogP contribution is -2.63. The molecule has 0 bridgehead atoms. The van der Waals surface area contributed by atoms with Crippen molar-refractivity contribution in [2.75, 3.05) is 19.4 Å². The van der Waals surface area contributed by atoms with Crippen LogP contribution in [-0.4, -0.2) is 63.6 Å². The van der Waals surface area contributed by atoms with E-state index in [1.165, 1.54) is 16.7 Å². The summed E-state index contributed by atoms with van der Waals surface area (Å²) in [6.45, 7) is 0.396. The average Bonchev–Trinajstić information content (AvgIpc) is 2.92. The predicted octanol–water partition coefficient (Wildman–Crippen LogP) is 1.11.